The third-order valence-electron chi connectivity index (χ3n) is 5.40. The molecule has 34 heavy (non-hydrogen) atoms. The topological polar surface area (TPSA) is 67.9 Å². The number of halogens is 1. The fourth-order valence-corrected chi connectivity index (χ4v) is 3.75. The number of nitrogens with zero attached hydrogens (tertiary/aromatic N) is 1. The van der Waals surface area contributed by atoms with E-state index < -0.39 is 17.6 Å². The van der Waals surface area contributed by atoms with Gasteiger partial charge in [-0.1, -0.05) is 43.3 Å². The summed E-state index contributed by atoms with van der Waals surface area (Å²) in [6.45, 7) is 2.62. The van der Waals surface area contributed by atoms with Crippen LogP contribution in [0.4, 0.5) is 10.1 Å². The highest BCUT2D eigenvalue weighted by atomic mass is 19.1. The second kappa shape index (κ2) is 10.2. The van der Waals surface area contributed by atoms with Crippen molar-refractivity contribution in [1.29, 1.82) is 0 Å². The molecule has 0 bridgehead atoms. The number of anilines is 1. The van der Waals surface area contributed by atoms with Crippen molar-refractivity contribution in [3.63, 3.8) is 0 Å². The van der Waals surface area contributed by atoms with E-state index in [4.69, 9.17) is 9.47 Å². The van der Waals surface area contributed by atoms with Gasteiger partial charge in [0.25, 0.3) is 11.8 Å². The number of para-hydroxylation sites is 1. The lowest BCUT2D eigenvalue weighted by atomic mass is 10.0. The van der Waals surface area contributed by atoms with Crippen LogP contribution >= 0.6 is 0 Å². The number of rotatable bonds is 9. The third-order valence-corrected chi connectivity index (χ3v) is 5.40. The van der Waals surface area contributed by atoms with E-state index in [9.17, 15) is 14.0 Å². The first-order valence-electron chi connectivity index (χ1n) is 11.0. The molecule has 1 aliphatic heterocycles. The normalized spacial score (nSPS) is 13.4. The predicted molar refractivity (Wildman–Crippen MR) is 128 cm³/mol. The molecule has 1 heterocycles. The second-order valence-electron chi connectivity index (χ2n) is 7.77. The quantitative estimate of drug-likeness (QED) is 0.455. The summed E-state index contributed by atoms with van der Waals surface area (Å²) in [5.74, 6) is -0.146. The Kier molecular flexibility index (Phi) is 6.92. The zero-order chi connectivity index (χ0) is 24.1. The predicted octanol–water partition coefficient (Wildman–Crippen LogP) is 5.02. The van der Waals surface area contributed by atoms with Gasteiger partial charge in [-0.15, -0.1) is 0 Å². The number of carbonyl (C=O) groups is 2. The summed E-state index contributed by atoms with van der Waals surface area (Å²) in [5.41, 5.74) is 2.05. The van der Waals surface area contributed by atoms with Crippen LogP contribution in [0.25, 0.3) is 5.57 Å². The highest BCUT2D eigenvalue weighted by Gasteiger charge is 2.39. The first-order chi connectivity index (χ1) is 16.5. The number of imide groups is 1. The smallest absolute Gasteiger partial charge is 0.278 e. The van der Waals surface area contributed by atoms with E-state index in [1.807, 2.05) is 25.1 Å². The summed E-state index contributed by atoms with van der Waals surface area (Å²) < 4.78 is 24.6. The molecule has 6 nitrogen and oxygen atoms in total. The van der Waals surface area contributed by atoms with Crippen LogP contribution in [0.15, 0.2) is 78.5 Å². The number of carbonyl (C=O) groups excluding carboxylic acids is 2. The molecule has 0 spiro atoms. The third kappa shape index (κ3) is 4.78. The number of nitrogens with one attached hydrogen (secondary N) is 1. The maximum absolute atomic E-state index is 13.6. The lowest BCUT2D eigenvalue weighted by Gasteiger charge is -2.17. The Morgan fingerprint density at radius 2 is 1.71 bits per heavy atom. The van der Waals surface area contributed by atoms with Crippen molar-refractivity contribution in [3.8, 4) is 11.5 Å². The molecule has 0 saturated carbocycles. The van der Waals surface area contributed by atoms with E-state index in [1.54, 1.807) is 30.3 Å². The summed E-state index contributed by atoms with van der Waals surface area (Å²) in [7, 11) is 1.54. The van der Waals surface area contributed by atoms with Crippen molar-refractivity contribution in [2.45, 2.75) is 19.9 Å². The molecule has 0 aromatic heterocycles. The SMILES string of the molecule is CCCOc1cccc(NC2=C(c3ccc(F)cc3)C(=O)N(Cc3ccccc3OC)C2=O)c1. The van der Waals surface area contributed by atoms with E-state index in [0.29, 0.717) is 34.9 Å². The van der Waals surface area contributed by atoms with E-state index in [2.05, 4.69) is 5.32 Å². The average Bonchev–Trinajstić information content (AvgIpc) is 3.08. The largest absolute Gasteiger partial charge is 0.496 e. The van der Waals surface area contributed by atoms with Crippen molar-refractivity contribution < 1.29 is 23.5 Å². The van der Waals surface area contributed by atoms with Crippen LogP contribution in [0.2, 0.25) is 0 Å². The van der Waals surface area contributed by atoms with Crippen LogP contribution in [0.1, 0.15) is 24.5 Å². The van der Waals surface area contributed by atoms with E-state index >= 15 is 0 Å². The standard InChI is InChI=1S/C27H25FN2O4/c1-3-15-34-22-9-6-8-21(16-22)29-25-24(18-11-13-20(28)14-12-18)26(31)30(27(25)32)17-19-7-4-5-10-23(19)33-2/h4-14,16,29H,3,15,17H2,1-2H3. The minimum absolute atomic E-state index is 0.0389. The summed E-state index contributed by atoms with van der Waals surface area (Å²) >= 11 is 0. The minimum atomic E-state index is -0.477. The molecule has 7 heteroatoms. The average molecular weight is 461 g/mol. The van der Waals surface area contributed by atoms with Gasteiger partial charge in [0.1, 0.15) is 23.0 Å². The molecule has 0 radical (unpaired) electrons. The van der Waals surface area contributed by atoms with Gasteiger partial charge in [0.2, 0.25) is 0 Å². The number of hydrogen-bond donors (Lipinski definition) is 1. The van der Waals surface area contributed by atoms with Gasteiger partial charge in [0.05, 0.1) is 25.8 Å². The molecule has 1 aliphatic rings. The van der Waals surface area contributed by atoms with Crippen molar-refractivity contribution >= 4 is 23.1 Å². The molecule has 3 aromatic rings. The van der Waals surface area contributed by atoms with Gasteiger partial charge >= 0.3 is 0 Å². The number of ether oxygens (including phenoxy) is 2. The van der Waals surface area contributed by atoms with Crippen molar-refractivity contribution in [2.75, 3.05) is 19.0 Å². The molecule has 0 saturated heterocycles. The Labute approximate surface area is 197 Å². The summed E-state index contributed by atoms with van der Waals surface area (Å²) in [4.78, 5) is 28.1. The zero-order valence-electron chi connectivity index (χ0n) is 19.0. The number of methoxy groups -OCH3 is 1. The molecular weight excluding hydrogens is 435 g/mol. The molecule has 3 aromatic carbocycles. The summed E-state index contributed by atoms with van der Waals surface area (Å²) in [5, 5.41) is 3.11. The molecule has 4 rings (SSSR count). The van der Waals surface area contributed by atoms with Gasteiger partial charge in [0.15, 0.2) is 0 Å². The zero-order valence-corrected chi connectivity index (χ0v) is 19.0. The fourth-order valence-electron chi connectivity index (χ4n) is 3.75. The van der Waals surface area contributed by atoms with Crippen molar-refractivity contribution in [2.24, 2.45) is 0 Å². The fraction of sp³-hybridized carbons (Fsp3) is 0.185. The monoisotopic (exact) mass is 460 g/mol. The molecule has 174 valence electrons. The Morgan fingerprint density at radius 3 is 2.44 bits per heavy atom. The first-order valence-corrected chi connectivity index (χ1v) is 11.0. The molecule has 1 N–H and O–H groups in total. The van der Waals surface area contributed by atoms with Crippen LogP contribution in [0.3, 0.4) is 0 Å². The molecule has 0 unspecified atom stereocenters. The molecular formula is C27H25FN2O4. The van der Waals surface area contributed by atoms with E-state index in [0.717, 1.165) is 11.3 Å². The first kappa shape index (κ1) is 23.0. The van der Waals surface area contributed by atoms with Crippen LogP contribution in [0, 0.1) is 5.82 Å². The minimum Gasteiger partial charge on any atom is -0.496 e. The van der Waals surface area contributed by atoms with Gasteiger partial charge in [-0.2, -0.15) is 0 Å². The Hall–Kier alpha value is -4.13. The van der Waals surface area contributed by atoms with Crippen LogP contribution < -0.4 is 14.8 Å². The Morgan fingerprint density at radius 1 is 0.941 bits per heavy atom. The van der Waals surface area contributed by atoms with Gasteiger partial charge in [-0.3, -0.25) is 14.5 Å². The second-order valence-corrected chi connectivity index (χ2v) is 7.77. The molecule has 0 fully saturated rings. The van der Waals surface area contributed by atoms with Gasteiger partial charge < -0.3 is 14.8 Å². The Bertz CT molecular complexity index is 1240. The summed E-state index contributed by atoms with van der Waals surface area (Å²) in [6.07, 6.45) is 0.864. The Balaban J connectivity index is 1.71. The lowest BCUT2D eigenvalue weighted by molar-refractivity contribution is -0.137. The highest BCUT2D eigenvalue weighted by molar-refractivity contribution is 6.36. The maximum Gasteiger partial charge on any atom is 0.278 e. The number of amides is 2. The van der Waals surface area contributed by atoms with E-state index in [1.165, 1.54) is 31.4 Å². The van der Waals surface area contributed by atoms with Crippen molar-refractivity contribution in [3.05, 3.63) is 95.4 Å². The van der Waals surface area contributed by atoms with Crippen LogP contribution in [0.5, 0.6) is 11.5 Å². The van der Waals surface area contributed by atoms with Crippen LogP contribution in [-0.4, -0.2) is 30.4 Å². The van der Waals surface area contributed by atoms with Gasteiger partial charge in [-0.25, -0.2) is 4.39 Å². The highest BCUT2D eigenvalue weighted by Crippen LogP contribution is 2.33. The van der Waals surface area contributed by atoms with E-state index in [-0.39, 0.29) is 17.8 Å². The number of benzene rings is 3. The number of hydrogen-bond acceptors (Lipinski definition) is 5. The lowest BCUT2D eigenvalue weighted by Crippen LogP contribution is -2.32. The van der Waals surface area contributed by atoms with Gasteiger partial charge in [-0.05, 0) is 42.3 Å². The van der Waals surface area contributed by atoms with Crippen LogP contribution in [-0.2, 0) is 16.1 Å². The summed E-state index contributed by atoms with van der Waals surface area (Å²) in [6, 6.07) is 19.9. The van der Waals surface area contributed by atoms with Gasteiger partial charge in [0, 0.05) is 17.3 Å². The molecule has 2 amide bonds. The maximum atomic E-state index is 13.6. The molecule has 0 atom stereocenters. The van der Waals surface area contributed by atoms with Crippen molar-refractivity contribution in [1.82, 2.24) is 4.90 Å². The molecule has 0 aliphatic carbocycles.